The number of rotatable bonds is 3. The fraction of sp³-hybridized carbons (Fsp3) is 0.571. The molecule has 0 atom stereocenters. The molecule has 0 radical (unpaired) electrons. The van der Waals surface area contributed by atoms with E-state index in [4.69, 9.17) is 8.85 Å². The van der Waals surface area contributed by atoms with Crippen molar-refractivity contribution in [1.29, 1.82) is 0 Å². The van der Waals surface area contributed by atoms with Crippen molar-refractivity contribution in [2.45, 2.75) is 32.7 Å². The molecule has 20 heavy (non-hydrogen) atoms. The first-order chi connectivity index (χ1) is 9.21. The van der Waals surface area contributed by atoms with Crippen molar-refractivity contribution in [3.05, 3.63) is 23.8 Å². The molecule has 1 N–H and O–H groups in total. The fourth-order valence-corrected chi connectivity index (χ4v) is 12.5. The lowest BCUT2D eigenvalue weighted by atomic mass is 10.2. The molecule has 1 aliphatic heterocycles. The smallest absolute Gasteiger partial charge is 0.187 e. The molecule has 0 spiro atoms. The summed E-state index contributed by atoms with van der Waals surface area (Å²) < 4.78 is 11.5. The molecule has 0 bridgehead atoms. The van der Waals surface area contributed by atoms with E-state index in [2.05, 4.69) is 31.1 Å². The Morgan fingerprint density at radius 2 is 1.80 bits per heavy atom. The van der Waals surface area contributed by atoms with Crippen LogP contribution in [0.25, 0.3) is 0 Å². The summed E-state index contributed by atoms with van der Waals surface area (Å²) in [6.45, 7) is 10.1. The van der Waals surface area contributed by atoms with E-state index in [1.165, 1.54) is 5.56 Å². The van der Waals surface area contributed by atoms with E-state index in [0.29, 0.717) is 5.75 Å². The third-order valence-electron chi connectivity index (χ3n) is 3.41. The molecule has 1 aromatic rings. The van der Waals surface area contributed by atoms with Crippen molar-refractivity contribution in [3.63, 3.8) is 0 Å². The second-order valence-electron chi connectivity index (χ2n) is 6.77. The largest absolute Gasteiger partial charge is 0.504 e. The van der Waals surface area contributed by atoms with Gasteiger partial charge in [-0.05, 0) is 43.9 Å². The molecule has 0 aliphatic carbocycles. The number of ether oxygens (including phenoxy) is 1. The average molecular weight is 312 g/mol. The second kappa shape index (κ2) is 5.52. The highest BCUT2D eigenvalue weighted by Crippen LogP contribution is 2.28. The van der Waals surface area contributed by atoms with Gasteiger partial charge in [0.1, 0.15) is 0 Å². The van der Waals surface area contributed by atoms with E-state index in [-0.39, 0.29) is 5.75 Å². The maximum absolute atomic E-state index is 9.66. The average Bonchev–Trinajstić information content (AvgIpc) is 2.27. The van der Waals surface area contributed by atoms with Crippen LogP contribution < -0.4 is 4.74 Å². The van der Waals surface area contributed by atoms with Crippen LogP contribution in [-0.4, -0.2) is 46.1 Å². The molecule has 1 fully saturated rings. The number of hydrogen-bond acceptors (Lipinski definition) is 4. The summed E-state index contributed by atoms with van der Waals surface area (Å²) in [5, 5.41) is 9.66. The van der Waals surface area contributed by atoms with E-state index < -0.39 is 16.6 Å². The predicted octanol–water partition coefficient (Wildman–Crippen LogP) is 2.72. The number of phenolic OH excluding ortho intramolecular Hbond substituents is 1. The van der Waals surface area contributed by atoms with Crippen LogP contribution in [0.4, 0.5) is 0 Å². The minimum absolute atomic E-state index is 0.197. The first-order valence-electron chi connectivity index (χ1n) is 6.99. The summed E-state index contributed by atoms with van der Waals surface area (Å²) in [6, 6.07) is 5.60. The van der Waals surface area contributed by atoms with E-state index in [1.54, 1.807) is 13.2 Å². The van der Waals surface area contributed by atoms with Gasteiger partial charge in [-0.3, -0.25) is 4.90 Å². The lowest BCUT2D eigenvalue weighted by molar-refractivity contribution is 0.290. The Labute approximate surface area is 123 Å². The van der Waals surface area contributed by atoms with Crippen molar-refractivity contribution < 1.29 is 14.0 Å². The normalized spacial score (nSPS) is 21.6. The molecule has 1 saturated heterocycles. The molecule has 0 saturated carbocycles. The highest BCUT2D eigenvalue weighted by Gasteiger charge is 2.41. The Hall–Kier alpha value is -0.826. The standard InChI is InChI=1S/C14H25NO3Si2/c1-17-14-8-12(6-7-13(14)16)9-15-10-19(2,3)18-20(4,5)11-15/h6-8,16H,9-11H2,1-5H3. The molecule has 112 valence electrons. The SMILES string of the molecule is COc1cc(CN2C[Si](C)(C)O[Si](C)(C)C2)ccc1O. The number of methoxy groups -OCH3 is 1. The van der Waals surface area contributed by atoms with Crippen molar-refractivity contribution in [1.82, 2.24) is 4.90 Å². The molecule has 1 aromatic carbocycles. The van der Waals surface area contributed by atoms with Gasteiger partial charge in [0.25, 0.3) is 0 Å². The Morgan fingerprint density at radius 3 is 2.35 bits per heavy atom. The van der Waals surface area contributed by atoms with E-state index >= 15 is 0 Å². The zero-order valence-corrected chi connectivity index (χ0v) is 15.1. The van der Waals surface area contributed by atoms with Crippen LogP contribution in [0, 0.1) is 0 Å². The van der Waals surface area contributed by atoms with Gasteiger partial charge in [0.2, 0.25) is 0 Å². The van der Waals surface area contributed by atoms with Gasteiger partial charge in [0.05, 0.1) is 7.11 Å². The summed E-state index contributed by atoms with van der Waals surface area (Å²) in [5.74, 6) is 0.742. The number of phenols is 1. The third kappa shape index (κ3) is 3.85. The first-order valence-corrected chi connectivity index (χ1v) is 13.2. The van der Waals surface area contributed by atoms with Crippen LogP contribution >= 0.6 is 0 Å². The quantitative estimate of drug-likeness (QED) is 0.872. The molecule has 2 rings (SSSR count). The van der Waals surface area contributed by atoms with Crippen LogP contribution in [0.3, 0.4) is 0 Å². The monoisotopic (exact) mass is 311 g/mol. The van der Waals surface area contributed by atoms with E-state index in [9.17, 15) is 5.11 Å². The fourth-order valence-electron chi connectivity index (χ4n) is 3.14. The zero-order valence-electron chi connectivity index (χ0n) is 13.1. The van der Waals surface area contributed by atoms with Gasteiger partial charge in [0.15, 0.2) is 28.1 Å². The minimum Gasteiger partial charge on any atom is -0.504 e. The maximum Gasteiger partial charge on any atom is 0.187 e. The Morgan fingerprint density at radius 1 is 1.20 bits per heavy atom. The summed E-state index contributed by atoms with van der Waals surface area (Å²) >= 11 is 0. The summed E-state index contributed by atoms with van der Waals surface area (Å²) in [4.78, 5) is 2.51. The van der Waals surface area contributed by atoms with Crippen molar-refractivity contribution >= 4 is 16.6 Å². The molecule has 1 heterocycles. The molecule has 1 aliphatic rings. The molecule has 0 amide bonds. The van der Waals surface area contributed by atoms with Crippen LogP contribution in [0.1, 0.15) is 5.56 Å². The van der Waals surface area contributed by atoms with E-state index in [1.807, 2.05) is 12.1 Å². The summed E-state index contributed by atoms with van der Waals surface area (Å²) in [5.41, 5.74) is 1.18. The Balaban J connectivity index is 2.13. The number of nitrogens with zero attached hydrogens (tertiary/aromatic N) is 1. The number of aromatic hydroxyl groups is 1. The highest BCUT2D eigenvalue weighted by atomic mass is 28.4. The first kappa shape index (κ1) is 15.6. The van der Waals surface area contributed by atoms with Gasteiger partial charge in [-0.1, -0.05) is 6.07 Å². The summed E-state index contributed by atoms with van der Waals surface area (Å²) in [7, 11) is -1.55. The van der Waals surface area contributed by atoms with Crippen LogP contribution in [-0.2, 0) is 10.7 Å². The highest BCUT2D eigenvalue weighted by molar-refractivity contribution is 6.86. The Bertz CT molecular complexity index is 475. The lowest BCUT2D eigenvalue weighted by Gasteiger charge is -2.45. The molecule has 4 nitrogen and oxygen atoms in total. The second-order valence-corrected chi connectivity index (χ2v) is 15.3. The van der Waals surface area contributed by atoms with Gasteiger partial charge >= 0.3 is 0 Å². The molecular weight excluding hydrogens is 286 g/mol. The number of hydrogen-bond donors (Lipinski definition) is 1. The molecular formula is C14H25NO3Si2. The molecule has 6 heteroatoms. The van der Waals surface area contributed by atoms with Gasteiger partial charge in [0, 0.05) is 18.9 Å². The molecule has 0 aromatic heterocycles. The zero-order chi connectivity index (χ0) is 15.0. The maximum atomic E-state index is 9.66. The van der Waals surface area contributed by atoms with Crippen LogP contribution in [0.2, 0.25) is 26.2 Å². The van der Waals surface area contributed by atoms with Crippen LogP contribution in [0.5, 0.6) is 11.5 Å². The third-order valence-corrected chi connectivity index (χ3v) is 10.2. The van der Waals surface area contributed by atoms with E-state index in [0.717, 1.165) is 18.9 Å². The van der Waals surface area contributed by atoms with Gasteiger partial charge in [-0.2, -0.15) is 0 Å². The van der Waals surface area contributed by atoms with Crippen molar-refractivity contribution in [2.24, 2.45) is 0 Å². The minimum atomic E-state index is -1.57. The van der Waals surface area contributed by atoms with Crippen molar-refractivity contribution in [3.8, 4) is 11.5 Å². The van der Waals surface area contributed by atoms with Gasteiger partial charge < -0.3 is 14.0 Å². The van der Waals surface area contributed by atoms with Gasteiger partial charge in [-0.25, -0.2) is 0 Å². The lowest BCUT2D eigenvalue weighted by Crippen LogP contribution is -2.62. The van der Waals surface area contributed by atoms with Crippen LogP contribution in [0.15, 0.2) is 18.2 Å². The number of benzene rings is 1. The Kier molecular flexibility index (Phi) is 4.29. The van der Waals surface area contributed by atoms with Gasteiger partial charge in [-0.15, -0.1) is 0 Å². The molecule has 0 unspecified atom stereocenters. The summed E-state index contributed by atoms with van der Waals surface area (Å²) in [6.07, 6.45) is 2.12. The topological polar surface area (TPSA) is 41.9 Å². The van der Waals surface area contributed by atoms with Crippen molar-refractivity contribution in [2.75, 3.05) is 19.4 Å². The predicted molar refractivity (Wildman–Crippen MR) is 86.0 cm³/mol.